The van der Waals surface area contributed by atoms with Gasteiger partial charge in [-0.3, -0.25) is 4.79 Å². The van der Waals surface area contributed by atoms with E-state index in [0.717, 1.165) is 0 Å². The second-order valence-electron chi connectivity index (χ2n) is 5.19. The van der Waals surface area contributed by atoms with Gasteiger partial charge in [-0.15, -0.1) is 6.58 Å². The Morgan fingerprint density at radius 1 is 1.04 bits per heavy atom. The van der Waals surface area contributed by atoms with E-state index in [-0.39, 0.29) is 11.4 Å². The molecule has 8 heteroatoms. The fraction of sp³-hybridized carbons (Fsp3) is 0.111. The molecule has 0 heterocycles. The average Bonchev–Trinajstić information content (AvgIpc) is 2.66. The summed E-state index contributed by atoms with van der Waals surface area (Å²) >= 11 is 0. The molecule has 0 bridgehead atoms. The van der Waals surface area contributed by atoms with Gasteiger partial charge in [-0.05, 0) is 48.5 Å². The summed E-state index contributed by atoms with van der Waals surface area (Å²) in [7, 11) is -2.35. The van der Waals surface area contributed by atoms with Crippen LogP contribution in [0.5, 0.6) is 0 Å². The monoisotopic (exact) mass is 374 g/mol. The Labute approximate surface area is 151 Å². The molecule has 2 aromatic carbocycles. The number of sulfonamides is 1. The first-order valence-corrected chi connectivity index (χ1v) is 9.06. The van der Waals surface area contributed by atoms with Crippen LogP contribution in [0.3, 0.4) is 0 Å². The van der Waals surface area contributed by atoms with Crippen LogP contribution in [0.1, 0.15) is 20.7 Å². The molecule has 0 spiro atoms. The van der Waals surface area contributed by atoms with Gasteiger partial charge in [-0.25, -0.2) is 17.9 Å². The first-order valence-electron chi connectivity index (χ1n) is 7.57. The number of methoxy groups -OCH3 is 1. The molecule has 0 unspecified atom stereocenters. The van der Waals surface area contributed by atoms with Gasteiger partial charge in [0.1, 0.15) is 0 Å². The Hall–Kier alpha value is -2.97. The van der Waals surface area contributed by atoms with E-state index in [9.17, 15) is 18.0 Å². The molecule has 0 saturated carbocycles. The minimum absolute atomic E-state index is 0.0540. The van der Waals surface area contributed by atoms with Crippen molar-refractivity contribution in [1.29, 1.82) is 0 Å². The summed E-state index contributed by atoms with van der Waals surface area (Å²) in [5, 5.41) is 2.67. The molecule has 0 aliphatic heterocycles. The number of anilines is 1. The maximum atomic E-state index is 12.2. The summed E-state index contributed by atoms with van der Waals surface area (Å²) in [5.74, 6) is -0.872. The Kier molecular flexibility index (Phi) is 6.26. The van der Waals surface area contributed by atoms with Gasteiger partial charge in [0, 0.05) is 17.8 Å². The number of esters is 1. The lowest BCUT2D eigenvalue weighted by molar-refractivity contribution is 0.0600. The van der Waals surface area contributed by atoms with E-state index in [1.165, 1.54) is 49.6 Å². The molecular weight excluding hydrogens is 356 g/mol. The minimum atomic E-state index is -3.64. The highest BCUT2D eigenvalue weighted by molar-refractivity contribution is 7.89. The topological polar surface area (TPSA) is 102 Å². The third kappa shape index (κ3) is 4.78. The summed E-state index contributed by atoms with van der Waals surface area (Å²) in [6.45, 7) is 3.57. The average molecular weight is 374 g/mol. The van der Waals surface area contributed by atoms with E-state index in [4.69, 9.17) is 0 Å². The van der Waals surface area contributed by atoms with E-state index in [1.54, 1.807) is 12.1 Å². The molecule has 0 fully saturated rings. The molecule has 26 heavy (non-hydrogen) atoms. The fourth-order valence-corrected chi connectivity index (χ4v) is 3.05. The van der Waals surface area contributed by atoms with Crippen LogP contribution in [-0.2, 0) is 14.8 Å². The van der Waals surface area contributed by atoms with E-state index < -0.39 is 21.9 Å². The largest absolute Gasteiger partial charge is 0.465 e. The lowest BCUT2D eigenvalue weighted by atomic mass is 10.2. The molecule has 7 nitrogen and oxygen atoms in total. The lowest BCUT2D eigenvalue weighted by Crippen LogP contribution is -2.23. The Morgan fingerprint density at radius 3 is 2.15 bits per heavy atom. The number of amides is 1. The van der Waals surface area contributed by atoms with E-state index in [1.807, 2.05) is 0 Å². The van der Waals surface area contributed by atoms with Gasteiger partial charge < -0.3 is 10.1 Å². The maximum Gasteiger partial charge on any atom is 0.337 e. The zero-order chi connectivity index (χ0) is 19.2. The van der Waals surface area contributed by atoms with Crippen molar-refractivity contribution < 1.29 is 22.7 Å². The van der Waals surface area contributed by atoms with Gasteiger partial charge in [0.25, 0.3) is 5.91 Å². The lowest BCUT2D eigenvalue weighted by Gasteiger charge is -2.08. The first kappa shape index (κ1) is 19.4. The van der Waals surface area contributed by atoms with Gasteiger partial charge in [0.2, 0.25) is 10.0 Å². The maximum absolute atomic E-state index is 12.2. The van der Waals surface area contributed by atoms with Crippen molar-refractivity contribution in [3.05, 3.63) is 72.3 Å². The molecule has 1 amide bonds. The van der Waals surface area contributed by atoms with Crippen molar-refractivity contribution in [2.75, 3.05) is 19.0 Å². The molecule has 2 aromatic rings. The van der Waals surface area contributed by atoms with Crippen LogP contribution in [0.25, 0.3) is 0 Å². The second kappa shape index (κ2) is 8.41. The number of carbonyl (C=O) groups excluding carboxylic acids is 2. The Morgan fingerprint density at radius 2 is 1.62 bits per heavy atom. The smallest absolute Gasteiger partial charge is 0.337 e. The first-order chi connectivity index (χ1) is 12.4. The summed E-state index contributed by atoms with van der Waals surface area (Å²) in [4.78, 5) is 23.7. The molecule has 0 aliphatic carbocycles. The summed E-state index contributed by atoms with van der Waals surface area (Å²) in [5.41, 5.74) is 1.16. The van der Waals surface area contributed by atoms with Crippen LogP contribution in [0, 0.1) is 0 Å². The quantitative estimate of drug-likeness (QED) is 0.571. The molecular formula is C18H18N2O5S. The molecule has 2 rings (SSSR count). The number of hydrogen-bond acceptors (Lipinski definition) is 5. The van der Waals surface area contributed by atoms with Crippen LogP contribution in [0.15, 0.2) is 66.1 Å². The summed E-state index contributed by atoms with van der Waals surface area (Å²) < 4.78 is 30.9. The fourth-order valence-electron chi connectivity index (χ4n) is 2.05. The van der Waals surface area contributed by atoms with E-state index in [0.29, 0.717) is 16.8 Å². The highest BCUT2D eigenvalue weighted by Gasteiger charge is 2.14. The number of hydrogen-bond donors (Lipinski definition) is 2. The number of carbonyl (C=O) groups is 2. The zero-order valence-electron chi connectivity index (χ0n) is 14.1. The summed E-state index contributed by atoms with van der Waals surface area (Å²) in [6.07, 6.45) is 1.44. The molecule has 136 valence electrons. The van der Waals surface area contributed by atoms with Gasteiger partial charge in [0.15, 0.2) is 0 Å². The van der Waals surface area contributed by atoms with Gasteiger partial charge in [0.05, 0.1) is 17.6 Å². The van der Waals surface area contributed by atoms with Gasteiger partial charge in [-0.1, -0.05) is 6.08 Å². The second-order valence-corrected chi connectivity index (χ2v) is 6.95. The molecule has 0 aliphatic rings. The number of ether oxygens (including phenoxy) is 1. The van der Waals surface area contributed by atoms with Crippen molar-refractivity contribution in [3.63, 3.8) is 0 Å². The normalized spacial score (nSPS) is 10.8. The summed E-state index contributed by atoms with van der Waals surface area (Å²) in [6, 6.07) is 11.7. The van der Waals surface area contributed by atoms with Crippen molar-refractivity contribution in [1.82, 2.24) is 4.72 Å². The highest BCUT2D eigenvalue weighted by Crippen LogP contribution is 2.14. The van der Waals surface area contributed by atoms with Gasteiger partial charge in [-0.2, -0.15) is 0 Å². The Bertz CT molecular complexity index is 904. The van der Waals surface area contributed by atoms with Crippen LogP contribution >= 0.6 is 0 Å². The molecule has 0 saturated heterocycles. The predicted molar refractivity (Wildman–Crippen MR) is 97.6 cm³/mol. The third-order valence-electron chi connectivity index (χ3n) is 3.41. The predicted octanol–water partition coefficient (Wildman–Crippen LogP) is 2.19. The van der Waals surface area contributed by atoms with Crippen LogP contribution in [0.2, 0.25) is 0 Å². The van der Waals surface area contributed by atoms with E-state index >= 15 is 0 Å². The third-order valence-corrected chi connectivity index (χ3v) is 4.85. The van der Waals surface area contributed by atoms with Crippen molar-refractivity contribution >= 4 is 27.6 Å². The van der Waals surface area contributed by atoms with Crippen molar-refractivity contribution in [2.24, 2.45) is 0 Å². The number of benzene rings is 2. The van der Waals surface area contributed by atoms with Gasteiger partial charge >= 0.3 is 5.97 Å². The van der Waals surface area contributed by atoms with Crippen molar-refractivity contribution in [3.8, 4) is 0 Å². The Balaban J connectivity index is 2.08. The molecule has 2 N–H and O–H groups in total. The number of rotatable bonds is 7. The molecule has 0 aromatic heterocycles. The highest BCUT2D eigenvalue weighted by atomic mass is 32.2. The minimum Gasteiger partial charge on any atom is -0.465 e. The van der Waals surface area contributed by atoms with Crippen LogP contribution in [-0.4, -0.2) is 33.9 Å². The zero-order valence-corrected chi connectivity index (χ0v) is 14.9. The number of nitrogens with one attached hydrogen (secondary N) is 2. The SMILES string of the molecule is C=CCNS(=O)(=O)c1ccc(C(=O)Nc2ccc(C(=O)OC)cc2)cc1. The standard InChI is InChI=1S/C18H18N2O5S/c1-3-12-19-26(23,24)16-10-6-13(7-11-16)17(21)20-15-8-4-14(5-9-15)18(22)25-2/h3-11,19H,1,12H2,2H3,(H,20,21). The van der Waals surface area contributed by atoms with E-state index in [2.05, 4.69) is 21.4 Å². The van der Waals surface area contributed by atoms with Crippen LogP contribution < -0.4 is 10.0 Å². The molecule has 0 radical (unpaired) electrons. The van der Waals surface area contributed by atoms with Crippen LogP contribution in [0.4, 0.5) is 5.69 Å². The molecule has 0 atom stereocenters. The van der Waals surface area contributed by atoms with Crippen molar-refractivity contribution in [2.45, 2.75) is 4.90 Å².